The molecule has 1 saturated heterocycles. The molecule has 21 heavy (non-hydrogen) atoms. The Hall–Kier alpha value is -2.19. The highest BCUT2D eigenvalue weighted by Crippen LogP contribution is 2.27. The predicted octanol–water partition coefficient (Wildman–Crippen LogP) is 1.05. The number of hydrogen-bond donors (Lipinski definition) is 1. The van der Waals surface area contributed by atoms with Gasteiger partial charge in [-0.2, -0.15) is 0 Å². The molecule has 1 aromatic carbocycles. The number of ether oxygens (including phenoxy) is 1. The molecular formula is C12H12ClN3O5. The molecule has 0 unspecified atom stereocenters. The largest absolute Gasteiger partial charge is 0.378 e. The quantitative estimate of drug-likeness (QED) is 0.499. The van der Waals surface area contributed by atoms with Crippen molar-refractivity contribution in [2.24, 2.45) is 0 Å². The highest BCUT2D eigenvalue weighted by molar-refractivity contribution is 6.39. The van der Waals surface area contributed by atoms with E-state index in [0.29, 0.717) is 26.3 Å². The maximum atomic E-state index is 11.9. The molecule has 2 rings (SSSR count). The highest BCUT2D eigenvalue weighted by Gasteiger charge is 2.24. The Kier molecular flexibility index (Phi) is 4.71. The van der Waals surface area contributed by atoms with E-state index in [9.17, 15) is 19.7 Å². The van der Waals surface area contributed by atoms with Gasteiger partial charge in [0.2, 0.25) is 0 Å². The van der Waals surface area contributed by atoms with Gasteiger partial charge in [0.1, 0.15) is 5.02 Å². The zero-order valence-corrected chi connectivity index (χ0v) is 11.6. The Morgan fingerprint density at radius 1 is 1.33 bits per heavy atom. The highest BCUT2D eigenvalue weighted by atomic mass is 35.5. The Labute approximate surface area is 124 Å². The molecule has 0 bridgehead atoms. The van der Waals surface area contributed by atoms with Crippen molar-refractivity contribution in [3.05, 3.63) is 33.3 Å². The third kappa shape index (κ3) is 3.67. The number of carbonyl (C=O) groups excluding carboxylic acids is 2. The van der Waals surface area contributed by atoms with E-state index in [4.69, 9.17) is 16.3 Å². The lowest BCUT2D eigenvalue weighted by molar-refractivity contribution is -0.384. The minimum atomic E-state index is -0.853. The minimum absolute atomic E-state index is 0.0440. The maximum absolute atomic E-state index is 11.9. The number of anilines is 1. The second-order valence-corrected chi connectivity index (χ2v) is 4.69. The van der Waals surface area contributed by atoms with Crippen LogP contribution in [0.3, 0.4) is 0 Å². The van der Waals surface area contributed by atoms with Gasteiger partial charge >= 0.3 is 11.8 Å². The number of benzene rings is 1. The van der Waals surface area contributed by atoms with Crippen LogP contribution in [-0.4, -0.2) is 47.9 Å². The average Bonchev–Trinajstić information content (AvgIpc) is 2.49. The van der Waals surface area contributed by atoms with Gasteiger partial charge in [-0.3, -0.25) is 19.7 Å². The third-order valence-electron chi connectivity index (χ3n) is 2.89. The van der Waals surface area contributed by atoms with Crippen LogP contribution < -0.4 is 5.32 Å². The summed E-state index contributed by atoms with van der Waals surface area (Å²) in [6, 6.07) is 3.78. The lowest BCUT2D eigenvalue weighted by Gasteiger charge is -2.26. The smallest absolute Gasteiger partial charge is 0.313 e. The second kappa shape index (κ2) is 6.51. The minimum Gasteiger partial charge on any atom is -0.378 e. The summed E-state index contributed by atoms with van der Waals surface area (Å²) in [5.41, 5.74) is -0.203. The molecule has 0 radical (unpaired) electrons. The summed E-state index contributed by atoms with van der Waals surface area (Å²) in [5, 5.41) is 13.0. The third-order valence-corrected chi connectivity index (χ3v) is 3.21. The Bertz CT molecular complexity index is 586. The monoisotopic (exact) mass is 313 g/mol. The average molecular weight is 314 g/mol. The van der Waals surface area contributed by atoms with Crippen LogP contribution in [0.25, 0.3) is 0 Å². The van der Waals surface area contributed by atoms with Gasteiger partial charge in [0.25, 0.3) is 5.69 Å². The standard InChI is InChI=1S/C12H12ClN3O5/c13-9-2-1-8(7-10(9)16(19)20)14-11(17)12(18)15-3-5-21-6-4-15/h1-2,7H,3-6H2,(H,14,17). The van der Waals surface area contributed by atoms with Crippen molar-refractivity contribution in [1.29, 1.82) is 0 Å². The van der Waals surface area contributed by atoms with Crippen LogP contribution in [0.15, 0.2) is 18.2 Å². The molecule has 0 atom stereocenters. The topological polar surface area (TPSA) is 102 Å². The van der Waals surface area contributed by atoms with Crippen LogP contribution in [0.4, 0.5) is 11.4 Å². The lowest BCUT2D eigenvalue weighted by Crippen LogP contribution is -2.45. The molecular weight excluding hydrogens is 302 g/mol. The van der Waals surface area contributed by atoms with Crippen molar-refractivity contribution < 1.29 is 19.2 Å². The van der Waals surface area contributed by atoms with Crippen molar-refractivity contribution >= 4 is 34.8 Å². The normalized spacial score (nSPS) is 14.6. The number of nitrogens with one attached hydrogen (secondary N) is 1. The van der Waals surface area contributed by atoms with Crippen molar-refractivity contribution in [2.75, 3.05) is 31.6 Å². The van der Waals surface area contributed by atoms with E-state index in [-0.39, 0.29) is 16.4 Å². The maximum Gasteiger partial charge on any atom is 0.313 e. The number of halogens is 1. The molecule has 2 amide bonds. The van der Waals surface area contributed by atoms with E-state index in [1.807, 2.05) is 0 Å². The number of nitrogens with zero attached hydrogens (tertiary/aromatic N) is 2. The molecule has 1 aromatic rings. The van der Waals surface area contributed by atoms with Crippen molar-refractivity contribution in [2.45, 2.75) is 0 Å². The zero-order valence-electron chi connectivity index (χ0n) is 10.9. The van der Waals surface area contributed by atoms with Gasteiger partial charge in [-0.1, -0.05) is 11.6 Å². The molecule has 9 heteroatoms. The van der Waals surface area contributed by atoms with Crippen LogP contribution >= 0.6 is 11.6 Å². The first-order chi connectivity index (χ1) is 9.99. The van der Waals surface area contributed by atoms with E-state index in [2.05, 4.69) is 5.32 Å². The van der Waals surface area contributed by atoms with Gasteiger partial charge in [-0.05, 0) is 12.1 Å². The Balaban J connectivity index is 2.07. The van der Waals surface area contributed by atoms with Gasteiger partial charge in [-0.25, -0.2) is 0 Å². The molecule has 1 aliphatic rings. The molecule has 112 valence electrons. The molecule has 0 spiro atoms. The van der Waals surface area contributed by atoms with Gasteiger partial charge in [0, 0.05) is 24.8 Å². The summed E-state index contributed by atoms with van der Waals surface area (Å²) >= 11 is 5.67. The van der Waals surface area contributed by atoms with E-state index in [1.165, 1.54) is 17.0 Å². The van der Waals surface area contributed by atoms with Crippen molar-refractivity contribution in [3.8, 4) is 0 Å². The van der Waals surface area contributed by atoms with Gasteiger partial charge in [0.15, 0.2) is 0 Å². The number of nitro groups is 1. The number of morpholine rings is 1. The van der Waals surface area contributed by atoms with Crippen LogP contribution in [0, 0.1) is 10.1 Å². The Morgan fingerprint density at radius 2 is 2.00 bits per heavy atom. The summed E-state index contributed by atoms with van der Waals surface area (Å²) < 4.78 is 5.09. The van der Waals surface area contributed by atoms with Crippen LogP contribution in [0.1, 0.15) is 0 Å². The van der Waals surface area contributed by atoms with E-state index in [0.717, 1.165) is 6.07 Å². The van der Waals surface area contributed by atoms with Crippen LogP contribution in [0.2, 0.25) is 5.02 Å². The molecule has 1 fully saturated rings. The zero-order chi connectivity index (χ0) is 15.4. The second-order valence-electron chi connectivity index (χ2n) is 4.28. The van der Waals surface area contributed by atoms with Gasteiger partial charge in [0.05, 0.1) is 18.1 Å². The number of carbonyl (C=O) groups is 2. The summed E-state index contributed by atoms with van der Waals surface area (Å²) in [5.74, 6) is -1.55. The van der Waals surface area contributed by atoms with E-state index in [1.54, 1.807) is 0 Å². The molecule has 1 N–H and O–H groups in total. The fraction of sp³-hybridized carbons (Fsp3) is 0.333. The van der Waals surface area contributed by atoms with Crippen LogP contribution in [0.5, 0.6) is 0 Å². The van der Waals surface area contributed by atoms with Gasteiger partial charge in [-0.15, -0.1) is 0 Å². The first-order valence-electron chi connectivity index (χ1n) is 6.11. The first kappa shape index (κ1) is 15.2. The number of nitro benzene ring substituents is 1. The fourth-order valence-corrected chi connectivity index (χ4v) is 2.01. The molecule has 1 heterocycles. The SMILES string of the molecule is O=C(Nc1ccc(Cl)c([N+](=O)[O-])c1)C(=O)N1CCOCC1. The lowest BCUT2D eigenvalue weighted by atomic mass is 10.2. The first-order valence-corrected chi connectivity index (χ1v) is 6.49. The molecule has 0 aromatic heterocycles. The predicted molar refractivity (Wildman–Crippen MR) is 74.1 cm³/mol. The fourth-order valence-electron chi connectivity index (χ4n) is 1.82. The number of amides is 2. The Morgan fingerprint density at radius 3 is 2.62 bits per heavy atom. The molecule has 8 nitrogen and oxygen atoms in total. The molecule has 0 saturated carbocycles. The van der Waals surface area contributed by atoms with E-state index >= 15 is 0 Å². The van der Waals surface area contributed by atoms with E-state index < -0.39 is 16.7 Å². The number of hydrogen-bond acceptors (Lipinski definition) is 5. The van der Waals surface area contributed by atoms with Crippen molar-refractivity contribution in [1.82, 2.24) is 4.90 Å². The van der Waals surface area contributed by atoms with Gasteiger partial charge < -0.3 is 15.0 Å². The number of rotatable bonds is 2. The van der Waals surface area contributed by atoms with Crippen molar-refractivity contribution in [3.63, 3.8) is 0 Å². The molecule has 0 aliphatic carbocycles. The summed E-state index contributed by atoms with van der Waals surface area (Å²) in [4.78, 5) is 35.2. The molecule has 1 aliphatic heterocycles. The summed E-state index contributed by atoms with van der Waals surface area (Å²) in [7, 11) is 0. The summed E-state index contributed by atoms with van der Waals surface area (Å²) in [6.07, 6.45) is 0. The van der Waals surface area contributed by atoms with Crippen LogP contribution in [-0.2, 0) is 14.3 Å². The summed E-state index contributed by atoms with van der Waals surface area (Å²) in [6.45, 7) is 1.44.